The Kier molecular flexibility index (Phi) is 5.78. The molecule has 2 aromatic rings. The van der Waals surface area contributed by atoms with Gasteiger partial charge in [0.1, 0.15) is 0 Å². The van der Waals surface area contributed by atoms with Crippen molar-refractivity contribution in [2.24, 2.45) is 0 Å². The summed E-state index contributed by atoms with van der Waals surface area (Å²) in [5, 5.41) is 0.522. The SMILES string of the molecule is O=S(=O)(NCCCCCn1ccnc1)c1ccc(Cl)cc1. The molecule has 0 atom stereocenters. The van der Waals surface area contributed by atoms with Gasteiger partial charge in [-0.2, -0.15) is 0 Å². The van der Waals surface area contributed by atoms with Crippen molar-refractivity contribution < 1.29 is 8.42 Å². The molecule has 1 N–H and O–H groups in total. The summed E-state index contributed by atoms with van der Waals surface area (Å²) in [6.07, 6.45) is 8.22. The van der Waals surface area contributed by atoms with Crippen molar-refractivity contribution >= 4 is 21.6 Å². The summed E-state index contributed by atoms with van der Waals surface area (Å²) in [5.41, 5.74) is 0. The number of rotatable bonds is 8. The number of unbranched alkanes of at least 4 members (excludes halogenated alkanes) is 2. The Morgan fingerprint density at radius 3 is 2.57 bits per heavy atom. The first-order valence-electron chi connectivity index (χ1n) is 6.79. The van der Waals surface area contributed by atoms with Gasteiger partial charge in [0.2, 0.25) is 10.0 Å². The van der Waals surface area contributed by atoms with E-state index in [1.165, 1.54) is 12.1 Å². The zero-order chi connectivity index (χ0) is 15.1. The highest BCUT2D eigenvalue weighted by atomic mass is 35.5. The van der Waals surface area contributed by atoms with E-state index >= 15 is 0 Å². The standard InChI is InChI=1S/C14H18ClN3O2S/c15-13-4-6-14(7-5-13)21(19,20)17-8-2-1-3-10-18-11-9-16-12-18/h4-7,9,11-12,17H,1-3,8,10H2. The zero-order valence-electron chi connectivity index (χ0n) is 11.6. The third-order valence-corrected chi connectivity index (χ3v) is 4.80. The van der Waals surface area contributed by atoms with Crippen molar-refractivity contribution in [1.82, 2.24) is 14.3 Å². The molecule has 0 saturated carbocycles. The van der Waals surface area contributed by atoms with Crippen LogP contribution in [0.5, 0.6) is 0 Å². The van der Waals surface area contributed by atoms with Gasteiger partial charge in [0.05, 0.1) is 11.2 Å². The number of hydrogen-bond acceptors (Lipinski definition) is 3. The molecule has 114 valence electrons. The third-order valence-electron chi connectivity index (χ3n) is 3.07. The number of nitrogens with one attached hydrogen (secondary N) is 1. The summed E-state index contributed by atoms with van der Waals surface area (Å²) >= 11 is 5.74. The van der Waals surface area contributed by atoms with Crippen molar-refractivity contribution in [1.29, 1.82) is 0 Å². The molecule has 0 aliphatic carbocycles. The number of aromatic nitrogens is 2. The monoisotopic (exact) mass is 327 g/mol. The van der Waals surface area contributed by atoms with Crippen molar-refractivity contribution in [2.45, 2.75) is 30.7 Å². The molecule has 0 bridgehead atoms. The molecule has 0 spiro atoms. The average Bonchev–Trinajstić information content (AvgIpc) is 2.96. The first-order valence-corrected chi connectivity index (χ1v) is 8.65. The quantitative estimate of drug-likeness (QED) is 0.758. The molecule has 7 heteroatoms. The maximum atomic E-state index is 12.0. The smallest absolute Gasteiger partial charge is 0.240 e. The highest BCUT2D eigenvalue weighted by Gasteiger charge is 2.12. The molecule has 0 radical (unpaired) electrons. The van der Waals surface area contributed by atoms with E-state index in [0.29, 0.717) is 11.6 Å². The van der Waals surface area contributed by atoms with Gasteiger partial charge in [0.25, 0.3) is 0 Å². The molecule has 21 heavy (non-hydrogen) atoms. The Balaban J connectivity index is 1.69. The second-order valence-corrected chi connectivity index (χ2v) is 6.92. The Morgan fingerprint density at radius 2 is 1.90 bits per heavy atom. The number of imidazole rings is 1. The van der Waals surface area contributed by atoms with Crippen LogP contribution in [-0.2, 0) is 16.6 Å². The molecule has 1 heterocycles. The Bertz CT molecular complexity index is 639. The lowest BCUT2D eigenvalue weighted by Gasteiger charge is -2.07. The number of sulfonamides is 1. The topological polar surface area (TPSA) is 64.0 Å². The first-order chi connectivity index (χ1) is 10.1. The van der Waals surface area contributed by atoms with Crippen molar-refractivity contribution in [2.75, 3.05) is 6.54 Å². The number of nitrogens with zero attached hydrogens (tertiary/aromatic N) is 2. The van der Waals surface area contributed by atoms with Crippen LogP contribution >= 0.6 is 11.6 Å². The van der Waals surface area contributed by atoms with Crippen LogP contribution in [0, 0.1) is 0 Å². The highest BCUT2D eigenvalue weighted by Crippen LogP contribution is 2.13. The Morgan fingerprint density at radius 1 is 1.14 bits per heavy atom. The number of hydrogen-bond donors (Lipinski definition) is 1. The van der Waals surface area contributed by atoms with Crippen molar-refractivity contribution in [3.05, 3.63) is 48.0 Å². The van der Waals surface area contributed by atoms with Crippen LogP contribution in [0.4, 0.5) is 0 Å². The van der Waals surface area contributed by atoms with Crippen LogP contribution in [0.1, 0.15) is 19.3 Å². The van der Waals surface area contributed by atoms with Gasteiger partial charge in [-0.25, -0.2) is 18.1 Å². The Hall–Kier alpha value is -1.37. The van der Waals surface area contributed by atoms with E-state index in [9.17, 15) is 8.42 Å². The fourth-order valence-electron chi connectivity index (χ4n) is 1.92. The maximum absolute atomic E-state index is 12.0. The fraction of sp³-hybridized carbons (Fsp3) is 0.357. The Labute approximate surface area is 130 Å². The second-order valence-electron chi connectivity index (χ2n) is 4.71. The van der Waals surface area contributed by atoms with Crippen LogP contribution in [0.15, 0.2) is 47.9 Å². The van der Waals surface area contributed by atoms with Crippen LogP contribution in [0.3, 0.4) is 0 Å². The summed E-state index contributed by atoms with van der Waals surface area (Å²) in [7, 11) is -3.43. The zero-order valence-corrected chi connectivity index (χ0v) is 13.1. The van der Waals surface area contributed by atoms with E-state index in [4.69, 9.17) is 11.6 Å². The highest BCUT2D eigenvalue weighted by molar-refractivity contribution is 7.89. The summed E-state index contributed by atoms with van der Waals surface area (Å²) in [6, 6.07) is 6.15. The number of aryl methyl sites for hydroxylation is 1. The van der Waals surface area contributed by atoms with Crippen LogP contribution < -0.4 is 4.72 Å². The molecule has 2 rings (SSSR count). The molecule has 0 aliphatic rings. The molecule has 1 aromatic carbocycles. The van der Waals surface area contributed by atoms with E-state index in [-0.39, 0.29) is 4.90 Å². The normalized spacial score (nSPS) is 11.7. The third kappa shape index (κ3) is 5.15. The molecule has 0 unspecified atom stereocenters. The lowest BCUT2D eigenvalue weighted by molar-refractivity contribution is 0.561. The fourth-order valence-corrected chi connectivity index (χ4v) is 3.12. The predicted molar refractivity (Wildman–Crippen MR) is 82.7 cm³/mol. The van der Waals surface area contributed by atoms with Gasteiger partial charge in [0.15, 0.2) is 0 Å². The van der Waals surface area contributed by atoms with Crippen molar-refractivity contribution in [3.63, 3.8) is 0 Å². The van der Waals surface area contributed by atoms with E-state index in [1.807, 2.05) is 10.8 Å². The van der Waals surface area contributed by atoms with E-state index in [1.54, 1.807) is 24.7 Å². The molecule has 5 nitrogen and oxygen atoms in total. The van der Waals surface area contributed by atoms with Gasteiger partial charge in [-0.3, -0.25) is 0 Å². The summed E-state index contributed by atoms with van der Waals surface area (Å²) in [4.78, 5) is 4.21. The average molecular weight is 328 g/mol. The van der Waals surface area contributed by atoms with E-state index in [0.717, 1.165) is 25.8 Å². The largest absolute Gasteiger partial charge is 0.337 e. The van der Waals surface area contributed by atoms with Gasteiger partial charge >= 0.3 is 0 Å². The lowest BCUT2D eigenvalue weighted by Crippen LogP contribution is -2.24. The summed E-state index contributed by atoms with van der Waals surface area (Å²) < 4.78 is 28.6. The minimum atomic E-state index is -3.43. The maximum Gasteiger partial charge on any atom is 0.240 e. The van der Waals surface area contributed by atoms with Crippen molar-refractivity contribution in [3.8, 4) is 0 Å². The van der Waals surface area contributed by atoms with Gasteiger partial charge in [-0.15, -0.1) is 0 Å². The van der Waals surface area contributed by atoms with Gasteiger partial charge < -0.3 is 4.57 Å². The lowest BCUT2D eigenvalue weighted by atomic mass is 10.2. The van der Waals surface area contributed by atoms with Crippen LogP contribution in [0.2, 0.25) is 5.02 Å². The van der Waals surface area contributed by atoms with Gasteiger partial charge in [-0.1, -0.05) is 18.0 Å². The number of halogens is 1. The molecule has 0 amide bonds. The van der Waals surface area contributed by atoms with E-state index < -0.39 is 10.0 Å². The number of benzene rings is 1. The van der Waals surface area contributed by atoms with Crippen LogP contribution in [0.25, 0.3) is 0 Å². The first kappa shape index (κ1) is 16.0. The molecular weight excluding hydrogens is 310 g/mol. The molecule has 0 saturated heterocycles. The predicted octanol–water partition coefficient (Wildman–Crippen LogP) is 2.69. The van der Waals surface area contributed by atoms with E-state index in [2.05, 4.69) is 9.71 Å². The molecular formula is C14H18ClN3O2S. The molecule has 0 aliphatic heterocycles. The van der Waals surface area contributed by atoms with Gasteiger partial charge in [0, 0.05) is 30.5 Å². The minimum absolute atomic E-state index is 0.241. The summed E-state index contributed by atoms with van der Waals surface area (Å²) in [5.74, 6) is 0. The molecule has 0 fully saturated rings. The molecule has 1 aromatic heterocycles. The second kappa shape index (κ2) is 7.59. The van der Waals surface area contributed by atoms with Gasteiger partial charge in [-0.05, 0) is 37.1 Å². The minimum Gasteiger partial charge on any atom is -0.337 e. The van der Waals surface area contributed by atoms with Crippen LogP contribution in [-0.4, -0.2) is 24.5 Å². The summed E-state index contributed by atoms with van der Waals surface area (Å²) in [6.45, 7) is 1.35.